The van der Waals surface area contributed by atoms with Crippen molar-refractivity contribution in [3.63, 3.8) is 0 Å². The van der Waals surface area contributed by atoms with Gasteiger partial charge in [0.2, 0.25) is 5.89 Å². The molecular weight excluding hydrogens is 210 g/mol. The molecule has 0 saturated heterocycles. The third-order valence-corrected chi connectivity index (χ3v) is 1.87. The molecule has 0 atom stereocenters. The molecule has 4 N–H and O–H groups in total. The Bertz CT molecular complexity index is 430. The first-order valence-corrected chi connectivity index (χ1v) is 4.66. The number of hydrogen-bond acceptors (Lipinski definition) is 8. The van der Waals surface area contributed by atoms with Crippen LogP contribution in [0, 0.1) is 0 Å². The second-order valence-electron chi connectivity index (χ2n) is 2.94. The molecule has 0 spiro atoms. The number of nitrogens with two attached hydrogens (primary N) is 1. The predicted octanol–water partition coefficient (Wildman–Crippen LogP) is -0.200. The van der Waals surface area contributed by atoms with E-state index in [1.807, 2.05) is 0 Å². The van der Waals surface area contributed by atoms with Gasteiger partial charge in [-0.15, -0.1) is 0 Å². The molecule has 8 heteroatoms. The maximum Gasteiger partial charge on any atom is 0.228 e. The van der Waals surface area contributed by atoms with E-state index >= 15 is 0 Å². The summed E-state index contributed by atoms with van der Waals surface area (Å²) < 4.78 is 4.85. The van der Waals surface area contributed by atoms with Crippen molar-refractivity contribution in [3.8, 4) is 0 Å². The summed E-state index contributed by atoms with van der Waals surface area (Å²) in [4.78, 5) is 11.8. The monoisotopic (exact) mass is 221 g/mol. The minimum absolute atomic E-state index is 0.551. The summed E-state index contributed by atoms with van der Waals surface area (Å²) in [6.45, 7) is 0.642. The maximum absolute atomic E-state index is 5.22. The molecule has 0 fully saturated rings. The summed E-state index contributed by atoms with van der Waals surface area (Å²) in [6, 6.07) is 1.70. The van der Waals surface area contributed by atoms with Gasteiger partial charge >= 0.3 is 0 Å². The Hall–Kier alpha value is -2.22. The number of hydrazine groups is 1. The molecule has 0 saturated carbocycles. The zero-order valence-corrected chi connectivity index (χ0v) is 8.42. The summed E-state index contributed by atoms with van der Waals surface area (Å²) in [7, 11) is 0. The first kappa shape index (κ1) is 10.3. The van der Waals surface area contributed by atoms with Crippen molar-refractivity contribution in [3.05, 3.63) is 24.6 Å². The number of nitrogens with zero attached hydrogens (tertiary/aromatic N) is 4. The minimum Gasteiger partial charge on any atom is -0.369 e. The highest BCUT2D eigenvalue weighted by atomic mass is 16.5. The molecule has 0 unspecified atom stereocenters. The van der Waals surface area contributed by atoms with Gasteiger partial charge in [0, 0.05) is 19.0 Å². The summed E-state index contributed by atoms with van der Waals surface area (Å²) in [5.41, 5.74) is 2.44. The lowest BCUT2D eigenvalue weighted by Crippen LogP contribution is -2.11. The summed E-state index contributed by atoms with van der Waals surface area (Å²) in [5.74, 6) is 7.04. The molecule has 2 aromatic rings. The Balaban J connectivity index is 1.85. The summed E-state index contributed by atoms with van der Waals surface area (Å²) >= 11 is 0. The molecule has 16 heavy (non-hydrogen) atoms. The molecule has 0 aromatic carbocycles. The Morgan fingerprint density at radius 1 is 1.19 bits per heavy atom. The maximum atomic E-state index is 5.22. The van der Waals surface area contributed by atoms with Gasteiger partial charge < -0.3 is 15.3 Å². The second-order valence-corrected chi connectivity index (χ2v) is 2.94. The summed E-state index contributed by atoms with van der Waals surface area (Å²) in [6.07, 6.45) is 3.43. The lowest BCUT2D eigenvalue weighted by Gasteiger charge is -2.04. The molecule has 0 amide bonds. The Labute approximate surface area is 91.3 Å². The quantitative estimate of drug-likeness (QED) is 0.469. The van der Waals surface area contributed by atoms with E-state index in [1.54, 1.807) is 6.07 Å². The van der Waals surface area contributed by atoms with E-state index in [9.17, 15) is 0 Å². The van der Waals surface area contributed by atoms with Crippen molar-refractivity contribution in [2.45, 2.75) is 6.42 Å². The molecule has 84 valence electrons. The number of nitrogens with one attached hydrogen (secondary N) is 2. The Morgan fingerprint density at radius 3 is 2.81 bits per heavy atom. The Morgan fingerprint density at radius 2 is 2.06 bits per heavy atom. The molecule has 0 bridgehead atoms. The SMILES string of the molecule is NNc1cc(NCCc2ncno2)ncn1. The average Bonchev–Trinajstić information content (AvgIpc) is 2.82. The van der Waals surface area contributed by atoms with Crippen LogP contribution in [0.2, 0.25) is 0 Å². The van der Waals surface area contributed by atoms with Crippen molar-refractivity contribution < 1.29 is 4.52 Å². The standard InChI is InChI=1S/C8H11N7O/c9-15-7-3-6(11-4-12-7)10-2-1-8-13-5-14-16-8/h3-5H,1-2,9H2,(H2,10,11,12,15). The fraction of sp³-hybridized carbons (Fsp3) is 0.250. The highest BCUT2D eigenvalue weighted by molar-refractivity contribution is 5.45. The van der Waals surface area contributed by atoms with E-state index in [0.717, 1.165) is 0 Å². The molecule has 2 aromatic heterocycles. The highest BCUT2D eigenvalue weighted by Gasteiger charge is 2.00. The third kappa shape index (κ3) is 2.64. The van der Waals surface area contributed by atoms with Crippen LogP contribution in [0.3, 0.4) is 0 Å². The van der Waals surface area contributed by atoms with Crippen molar-refractivity contribution in [2.75, 3.05) is 17.3 Å². The van der Waals surface area contributed by atoms with Crippen LogP contribution in [0.5, 0.6) is 0 Å². The molecule has 2 heterocycles. The van der Waals surface area contributed by atoms with Crippen molar-refractivity contribution in [1.82, 2.24) is 20.1 Å². The first-order valence-electron chi connectivity index (χ1n) is 4.66. The number of anilines is 2. The zero-order valence-electron chi connectivity index (χ0n) is 8.42. The first-order chi connectivity index (χ1) is 7.88. The van der Waals surface area contributed by atoms with Crippen molar-refractivity contribution in [1.29, 1.82) is 0 Å². The van der Waals surface area contributed by atoms with Gasteiger partial charge in [-0.25, -0.2) is 15.8 Å². The number of hydrogen-bond donors (Lipinski definition) is 3. The van der Waals surface area contributed by atoms with Crippen LogP contribution in [-0.2, 0) is 6.42 Å². The van der Waals surface area contributed by atoms with Crippen LogP contribution < -0.4 is 16.6 Å². The zero-order chi connectivity index (χ0) is 11.2. The number of rotatable bonds is 5. The van der Waals surface area contributed by atoms with Crippen LogP contribution in [0.4, 0.5) is 11.6 Å². The number of nitrogen functional groups attached to an aromatic ring is 1. The highest BCUT2D eigenvalue weighted by Crippen LogP contribution is 2.06. The second kappa shape index (κ2) is 5.03. The largest absolute Gasteiger partial charge is 0.369 e. The van der Waals surface area contributed by atoms with Crippen LogP contribution in [0.25, 0.3) is 0 Å². The lowest BCUT2D eigenvalue weighted by molar-refractivity contribution is 0.379. The van der Waals surface area contributed by atoms with Gasteiger partial charge in [-0.3, -0.25) is 0 Å². The van der Waals surface area contributed by atoms with E-state index in [1.165, 1.54) is 12.7 Å². The summed E-state index contributed by atoms with van der Waals surface area (Å²) in [5, 5.41) is 6.59. The fourth-order valence-electron chi connectivity index (χ4n) is 1.14. The van der Waals surface area contributed by atoms with Crippen molar-refractivity contribution >= 4 is 11.6 Å². The normalized spacial score (nSPS) is 10.1. The topological polar surface area (TPSA) is 115 Å². The average molecular weight is 221 g/mol. The molecule has 8 nitrogen and oxygen atoms in total. The van der Waals surface area contributed by atoms with E-state index in [-0.39, 0.29) is 0 Å². The minimum atomic E-state index is 0.551. The van der Waals surface area contributed by atoms with Crippen LogP contribution in [0.1, 0.15) is 5.89 Å². The molecule has 0 aliphatic carbocycles. The van der Waals surface area contributed by atoms with Crippen LogP contribution in [0.15, 0.2) is 23.2 Å². The third-order valence-electron chi connectivity index (χ3n) is 1.87. The molecule has 0 radical (unpaired) electrons. The predicted molar refractivity (Wildman–Crippen MR) is 56.3 cm³/mol. The van der Waals surface area contributed by atoms with Gasteiger partial charge in [0.25, 0.3) is 0 Å². The fourth-order valence-corrected chi connectivity index (χ4v) is 1.14. The van der Waals surface area contributed by atoms with Gasteiger partial charge in [-0.05, 0) is 0 Å². The number of aromatic nitrogens is 4. The Kier molecular flexibility index (Phi) is 3.24. The van der Waals surface area contributed by atoms with Crippen LogP contribution in [-0.4, -0.2) is 26.7 Å². The smallest absolute Gasteiger partial charge is 0.228 e. The van der Waals surface area contributed by atoms with Gasteiger partial charge in [0.1, 0.15) is 18.0 Å². The molecule has 0 aliphatic heterocycles. The van der Waals surface area contributed by atoms with E-state index in [0.29, 0.717) is 30.5 Å². The van der Waals surface area contributed by atoms with E-state index in [2.05, 4.69) is 30.9 Å². The molecular formula is C8H11N7O. The van der Waals surface area contributed by atoms with Crippen molar-refractivity contribution in [2.24, 2.45) is 5.84 Å². The van der Waals surface area contributed by atoms with E-state index < -0.39 is 0 Å². The molecule has 0 aliphatic rings. The van der Waals surface area contributed by atoms with E-state index in [4.69, 9.17) is 10.4 Å². The lowest BCUT2D eigenvalue weighted by atomic mass is 10.4. The van der Waals surface area contributed by atoms with Gasteiger partial charge in [-0.2, -0.15) is 4.98 Å². The van der Waals surface area contributed by atoms with Gasteiger partial charge in [0.15, 0.2) is 6.33 Å². The van der Waals surface area contributed by atoms with Gasteiger partial charge in [0.05, 0.1) is 0 Å². The molecule has 2 rings (SSSR count). The van der Waals surface area contributed by atoms with Crippen LogP contribution >= 0.6 is 0 Å². The van der Waals surface area contributed by atoms with Gasteiger partial charge in [-0.1, -0.05) is 5.16 Å².